The van der Waals surface area contributed by atoms with Crippen LogP contribution in [0.15, 0.2) is 34.9 Å². The van der Waals surface area contributed by atoms with Gasteiger partial charge in [0.05, 0.1) is 0 Å². The van der Waals surface area contributed by atoms with E-state index in [1.807, 2.05) is 19.9 Å². The van der Waals surface area contributed by atoms with Crippen LogP contribution in [0, 0.1) is 39.9 Å². The molecule has 1 N–H and O–H groups in total. The molecule has 8 unspecified atom stereocenters. The first-order valence-corrected chi connectivity index (χ1v) is 13.8. The molecule has 0 aliphatic heterocycles. The Morgan fingerprint density at radius 2 is 1.81 bits per heavy atom. The highest BCUT2D eigenvalue weighted by Crippen LogP contribution is 2.73. The predicted molar refractivity (Wildman–Crippen MR) is 140 cm³/mol. The Labute approximate surface area is 216 Å². The van der Waals surface area contributed by atoms with E-state index >= 15 is 0 Å². The second kappa shape index (κ2) is 9.29. The highest BCUT2D eigenvalue weighted by Gasteiger charge is 2.68. The van der Waals surface area contributed by atoms with Crippen LogP contribution in [0.2, 0.25) is 0 Å². The molecule has 0 heterocycles. The van der Waals surface area contributed by atoms with E-state index in [0.29, 0.717) is 36.7 Å². The molecule has 0 aromatic rings. The zero-order valence-corrected chi connectivity index (χ0v) is 23.1. The molecule has 8 atom stereocenters. The number of fused-ring (bicyclic) bond motifs is 5. The molecule has 0 spiro atoms. The van der Waals surface area contributed by atoms with Crippen LogP contribution in [-0.2, 0) is 19.1 Å². The maximum atomic E-state index is 12.6. The van der Waals surface area contributed by atoms with Gasteiger partial charge >= 0.3 is 11.9 Å². The van der Waals surface area contributed by atoms with E-state index in [0.717, 1.165) is 31.3 Å². The van der Waals surface area contributed by atoms with Gasteiger partial charge in [-0.3, -0.25) is 9.59 Å². The van der Waals surface area contributed by atoms with Gasteiger partial charge in [-0.25, -0.2) is 4.79 Å². The average molecular weight is 497 g/mol. The fourth-order valence-corrected chi connectivity index (χ4v) is 9.07. The number of carboxylic acid groups (broad SMARTS) is 1. The third-order valence-corrected chi connectivity index (χ3v) is 11.0. The van der Waals surface area contributed by atoms with Crippen molar-refractivity contribution in [3.8, 4) is 0 Å². The molecule has 0 aromatic carbocycles. The summed E-state index contributed by atoms with van der Waals surface area (Å²) in [5, 5.41) is 10.3. The number of carbonyl (C=O) groups excluding carboxylic acids is 2. The first-order chi connectivity index (χ1) is 16.8. The van der Waals surface area contributed by atoms with Crippen LogP contribution in [0.5, 0.6) is 0 Å². The summed E-state index contributed by atoms with van der Waals surface area (Å²) in [6.07, 6.45) is 11.3. The molecular weight excluding hydrogens is 452 g/mol. The van der Waals surface area contributed by atoms with E-state index in [4.69, 9.17) is 4.74 Å². The van der Waals surface area contributed by atoms with Gasteiger partial charge in [-0.05, 0) is 104 Å². The van der Waals surface area contributed by atoms with Crippen molar-refractivity contribution in [2.45, 2.75) is 99.5 Å². The summed E-state index contributed by atoms with van der Waals surface area (Å²) in [5.41, 5.74) is 2.17. The minimum atomic E-state index is -0.890. The Morgan fingerprint density at radius 1 is 1.11 bits per heavy atom. The molecule has 3 saturated carbocycles. The molecule has 0 bridgehead atoms. The number of ether oxygens (including phenoxy) is 1. The monoisotopic (exact) mass is 496 g/mol. The maximum Gasteiger partial charge on any atom is 0.331 e. The topological polar surface area (TPSA) is 80.7 Å². The number of hydrogen-bond acceptors (Lipinski definition) is 4. The number of carboxylic acids is 1. The zero-order valence-electron chi connectivity index (χ0n) is 23.1. The standard InChI is InChI=1S/C31H44O5/c1-18(2)9-8-10-21(28(34)35)27-23-11-12-26-29(5)15-14-24(33)19(3)22(29)13-16-30(26,6)31(23,7)17-25(27)36-20(4)32/h9,14-15,19,22-23,25-26H,8,10-13,16-17H2,1-7H3,(H,34,35). The largest absolute Gasteiger partial charge is 0.478 e. The Hall–Kier alpha value is -2.17. The summed E-state index contributed by atoms with van der Waals surface area (Å²) in [6, 6.07) is 0. The number of ketones is 1. The Kier molecular flexibility index (Phi) is 6.94. The van der Waals surface area contributed by atoms with Crippen LogP contribution in [0.25, 0.3) is 0 Å². The van der Waals surface area contributed by atoms with Gasteiger partial charge in [0.1, 0.15) is 6.10 Å². The van der Waals surface area contributed by atoms with E-state index < -0.39 is 12.1 Å². The first-order valence-electron chi connectivity index (χ1n) is 13.8. The van der Waals surface area contributed by atoms with Gasteiger partial charge < -0.3 is 9.84 Å². The number of rotatable bonds is 5. The number of esters is 1. The van der Waals surface area contributed by atoms with E-state index in [9.17, 15) is 19.5 Å². The van der Waals surface area contributed by atoms with Crippen LogP contribution < -0.4 is 0 Å². The van der Waals surface area contributed by atoms with Gasteiger partial charge in [-0.15, -0.1) is 0 Å². The van der Waals surface area contributed by atoms with E-state index in [2.05, 4.69) is 39.8 Å². The second-order valence-corrected chi connectivity index (χ2v) is 12.9. The molecule has 3 fully saturated rings. The molecule has 0 amide bonds. The molecular formula is C31H44O5. The summed E-state index contributed by atoms with van der Waals surface area (Å²) in [6.45, 7) is 14.6. The number of hydrogen-bond donors (Lipinski definition) is 1. The number of carbonyl (C=O) groups is 3. The van der Waals surface area contributed by atoms with Crippen LogP contribution in [0.3, 0.4) is 0 Å². The van der Waals surface area contributed by atoms with Gasteiger partial charge in [0.2, 0.25) is 0 Å². The van der Waals surface area contributed by atoms with Gasteiger partial charge in [-0.2, -0.15) is 0 Å². The van der Waals surface area contributed by atoms with Crippen LogP contribution in [0.4, 0.5) is 0 Å². The third-order valence-electron chi connectivity index (χ3n) is 11.0. The molecule has 4 aliphatic carbocycles. The van der Waals surface area contributed by atoms with Crippen molar-refractivity contribution in [1.29, 1.82) is 0 Å². The fourth-order valence-electron chi connectivity index (χ4n) is 9.07. The molecule has 0 saturated heterocycles. The van der Waals surface area contributed by atoms with Crippen molar-refractivity contribution in [2.75, 3.05) is 0 Å². The minimum Gasteiger partial charge on any atom is -0.478 e. The Bertz CT molecular complexity index is 1050. The smallest absolute Gasteiger partial charge is 0.331 e. The minimum absolute atomic E-state index is 0.0385. The van der Waals surface area contributed by atoms with Crippen LogP contribution in [0.1, 0.15) is 93.4 Å². The number of aliphatic carboxylic acids is 1. The molecule has 4 rings (SSSR count). The molecule has 0 radical (unpaired) electrons. The second-order valence-electron chi connectivity index (χ2n) is 12.9. The average Bonchev–Trinajstić information content (AvgIpc) is 3.05. The lowest BCUT2D eigenvalue weighted by Gasteiger charge is -2.66. The highest BCUT2D eigenvalue weighted by molar-refractivity contribution is 5.93. The van der Waals surface area contributed by atoms with Crippen molar-refractivity contribution < 1.29 is 24.2 Å². The molecule has 4 aliphatic rings. The van der Waals surface area contributed by atoms with E-state index in [-0.39, 0.29) is 39.8 Å². The van der Waals surface area contributed by atoms with Crippen LogP contribution in [-0.4, -0.2) is 28.9 Å². The van der Waals surface area contributed by atoms with Crippen LogP contribution >= 0.6 is 0 Å². The van der Waals surface area contributed by atoms with Crippen molar-refractivity contribution >= 4 is 17.7 Å². The summed E-state index contributed by atoms with van der Waals surface area (Å²) in [7, 11) is 0. The molecule has 198 valence electrons. The van der Waals surface area contributed by atoms with E-state index in [1.54, 1.807) is 0 Å². The van der Waals surface area contributed by atoms with Crippen molar-refractivity contribution in [3.63, 3.8) is 0 Å². The molecule has 5 heteroatoms. The van der Waals surface area contributed by atoms with Crippen molar-refractivity contribution in [1.82, 2.24) is 0 Å². The Balaban J connectivity index is 1.80. The molecule has 0 aromatic heterocycles. The molecule has 5 nitrogen and oxygen atoms in total. The highest BCUT2D eigenvalue weighted by atomic mass is 16.5. The zero-order chi connectivity index (χ0) is 26.6. The summed E-state index contributed by atoms with van der Waals surface area (Å²) >= 11 is 0. The van der Waals surface area contributed by atoms with Gasteiger partial charge in [-0.1, -0.05) is 45.4 Å². The van der Waals surface area contributed by atoms with Gasteiger partial charge in [0.25, 0.3) is 0 Å². The lowest BCUT2D eigenvalue weighted by molar-refractivity contribution is -0.165. The van der Waals surface area contributed by atoms with Gasteiger partial charge in [0.15, 0.2) is 5.78 Å². The SMILES string of the molecule is CC(=O)OC1CC2(C)C(CCC3C4(C)C=CC(=O)C(C)C4CCC32C)C1=C(CCC=C(C)C)C(=O)O. The number of allylic oxidation sites excluding steroid dienone is 4. The predicted octanol–water partition coefficient (Wildman–Crippen LogP) is 6.68. The summed E-state index contributed by atoms with van der Waals surface area (Å²) in [4.78, 5) is 37.3. The van der Waals surface area contributed by atoms with Crippen molar-refractivity contribution in [2.24, 2.45) is 39.9 Å². The summed E-state index contributed by atoms with van der Waals surface area (Å²) < 4.78 is 5.89. The summed E-state index contributed by atoms with van der Waals surface area (Å²) in [5.74, 6) is -0.151. The Morgan fingerprint density at radius 3 is 2.42 bits per heavy atom. The third kappa shape index (κ3) is 4.01. The normalized spacial score (nSPS) is 42.6. The van der Waals surface area contributed by atoms with E-state index in [1.165, 1.54) is 12.5 Å². The maximum absolute atomic E-state index is 12.6. The fraction of sp³-hybridized carbons (Fsp3) is 0.710. The lowest BCUT2D eigenvalue weighted by Crippen LogP contribution is -2.60. The quantitative estimate of drug-likeness (QED) is 0.261. The first kappa shape index (κ1) is 26.9. The lowest BCUT2D eigenvalue weighted by atomic mass is 9.38. The molecule has 36 heavy (non-hydrogen) atoms. The van der Waals surface area contributed by atoms with Gasteiger partial charge in [0, 0.05) is 18.4 Å². The van der Waals surface area contributed by atoms with Crippen molar-refractivity contribution in [3.05, 3.63) is 34.9 Å².